The van der Waals surface area contributed by atoms with Gasteiger partial charge in [-0.1, -0.05) is 25.7 Å². The Hall–Kier alpha value is -0.610. The van der Waals surface area contributed by atoms with E-state index in [1.165, 1.54) is 38.5 Å². The number of carbonyl (C=O) groups excluding carboxylic acids is 1. The molecule has 0 aromatic heterocycles. The number of rotatable bonds is 2. The summed E-state index contributed by atoms with van der Waals surface area (Å²) in [5.74, 6) is 0.131. The highest BCUT2D eigenvalue weighted by Crippen LogP contribution is 2.24. The molecular formula is C14H27N3O. The Morgan fingerprint density at radius 1 is 1.22 bits per heavy atom. The molecule has 0 spiro atoms. The highest BCUT2D eigenvalue weighted by atomic mass is 16.2. The first kappa shape index (κ1) is 13.8. The zero-order chi connectivity index (χ0) is 13.0. The summed E-state index contributed by atoms with van der Waals surface area (Å²) in [5.41, 5.74) is 5.84. The van der Waals surface area contributed by atoms with Gasteiger partial charge in [0.25, 0.3) is 0 Å². The summed E-state index contributed by atoms with van der Waals surface area (Å²) in [4.78, 5) is 14.6. The second-order valence-electron chi connectivity index (χ2n) is 5.83. The molecular weight excluding hydrogens is 226 g/mol. The number of hydrogen-bond donors (Lipinski definition) is 2. The predicted molar refractivity (Wildman–Crippen MR) is 73.3 cm³/mol. The van der Waals surface area contributed by atoms with Crippen LogP contribution < -0.4 is 11.1 Å². The fraction of sp³-hybridized carbons (Fsp3) is 0.929. The first-order valence-electron chi connectivity index (χ1n) is 7.48. The molecule has 1 heterocycles. The molecule has 4 nitrogen and oxygen atoms in total. The number of hydrogen-bond acceptors (Lipinski definition) is 3. The van der Waals surface area contributed by atoms with Gasteiger partial charge in [0.2, 0.25) is 5.91 Å². The van der Waals surface area contributed by atoms with Gasteiger partial charge in [-0.25, -0.2) is 0 Å². The van der Waals surface area contributed by atoms with E-state index in [0.717, 1.165) is 13.0 Å². The summed E-state index contributed by atoms with van der Waals surface area (Å²) in [7, 11) is 0. The van der Waals surface area contributed by atoms with E-state index in [1.54, 1.807) is 0 Å². The van der Waals surface area contributed by atoms with Crippen molar-refractivity contribution in [2.45, 2.75) is 70.0 Å². The van der Waals surface area contributed by atoms with E-state index in [1.807, 2.05) is 0 Å². The van der Waals surface area contributed by atoms with Crippen molar-refractivity contribution in [2.75, 3.05) is 13.1 Å². The maximum atomic E-state index is 12.2. The summed E-state index contributed by atoms with van der Waals surface area (Å²) in [5, 5.41) is 3.07. The summed E-state index contributed by atoms with van der Waals surface area (Å²) in [6.07, 6.45) is 8.81. The molecule has 1 amide bonds. The van der Waals surface area contributed by atoms with Crippen molar-refractivity contribution in [3.05, 3.63) is 0 Å². The topological polar surface area (TPSA) is 58.4 Å². The van der Waals surface area contributed by atoms with Crippen LogP contribution in [0.2, 0.25) is 0 Å². The van der Waals surface area contributed by atoms with E-state index in [9.17, 15) is 4.79 Å². The number of carbonyl (C=O) groups is 1. The van der Waals surface area contributed by atoms with E-state index in [0.29, 0.717) is 12.6 Å². The van der Waals surface area contributed by atoms with Gasteiger partial charge in [0, 0.05) is 25.2 Å². The number of nitrogens with zero attached hydrogens (tertiary/aromatic N) is 1. The SMILES string of the molecule is CC1CCN(C2CCCCCC2)C(CN)C(=O)N1. The monoisotopic (exact) mass is 253 g/mol. The van der Waals surface area contributed by atoms with E-state index >= 15 is 0 Å². The highest BCUT2D eigenvalue weighted by molar-refractivity contribution is 5.82. The molecule has 3 N–H and O–H groups in total. The highest BCUT2D eigenvalue weighted by Gasteiger charge is 2.33. The molecule has 1 aliphatic heterocycles. The van der Waals surface area contributed by atoms with Crippen LogP contribution in [0.3, 0.4) is 0 Å². The molecule has 2 unspecified atom stereocenters. The normalized spacial score (nSPS) is 32.7. The Balaban J connectivity index is 2.08. The van der Waals surface area contributed by atoms with Crippen LogP contribution >= 0.6 is 0 Å². The minimum Gasteiger partial charge on any atom is -0.352 e. The van der Waals surface area contributed by atoms with Crippen LogP contribution in [-0.4, -0.2) is 42.0 Å². The minimum absolute atomic E-state index is 0.113. The van der Waals surface area contributed by atoms with Crippen LogP contribution in [0.5, 0.6) is 0 Å². The van der Waals surface area contributed by atoms with Gasteiger partial charge in [0.1, 0.15) is 6.04 Å². The van der Waals surface area contributed by atoms with Gasteiger partial charge in [0.15, 0.2) is 0 Å². The molecule has 104 valence electrons. The van der Waals surface area contributed by atoms with Crippen molar-refractivity contribution >= 4 is 5.91 Å². The Morgan fingerprint density at radius 3 is 2.50 bits per heavy atom. The lowest BCUT2D eigenvalue weighted by atomic mass is 10.0. The standard InChI is InChI=1S/C14H27N3O/c1-11-8-9-17(13(10-15)14(18)16-11)12-6-4-2-3-5-7-12/h11-13H,2-10,15H2,1H3,(H,16,18). The molecule has 0 aromatic rings. The number of nitrogens with one attached hydrogen (secondary N) is 1. The molecule has 2 fully saturated rings. The molecule has 1 saturated carbocycles. The molecule has 0 bridgehead atoms. The lowest BCUT2D eigenvalue weighted by Crippen LogP contribution is -2.53. The van der Waals surface area contributed by atoms with Crippen molar-refractivity contribution in [1.29, 1.82) is 0 Å². The van der Waals surface area contributed by atoms with Crippen LogP contribution in [0.25, 0.3) is 0 Å². The van der Waals surface area contributed by atoms with Gasteiger partial charge in [-0.2, -0.15) is 0 Å². The minimum atomic E-state index is -0.113. The third-order valence-electron chi connectivity index (χ3n) is 4.43. The van der Waals surface area contributed by atoms with Gasteiger partial charge in [-0.15, -0.1) is 0 Å². The average Bonchev–Trinajstić information content (AvgIpc) is 2.68. The lowest BCUT2D eigenvalue weighted by molar-refractivity contribution is -0.126. The van der Waals surface area contributed by atoms with Gasteiger partial charge in [-0.05, 0) is 26.2 Å². The zero-order valence-electron chi connectivity index (χ0n) is 11.5. The van der Waals surface area contributed by atoms with Crippen LogP contribution in [-0.2, 0) is 4.79 Å². The fourth-order valence-electron chi connectivity index (χ4n) is 3.33. The maximum absolute atomic E-state index is 12.2. The van der Waals surface area contributed by atoms with Crippen molar-refractivity contribution in [3.63, 3.8) is 0 Å². The summed E-state index contributed by atoms with van der Waals surface area (Å²) < 4.78 is 0. The number of nitrogens with two attached hydrogens (primary N) is 1. The van der Waals surface area contributed by atoms with Crippen LogP contribution in [0.1, 0.15) is 51.9 Å². The third-order valence-corrected chi connectivity index (χ3v) is 4.43. The van der Waals surface area contributed by atoms with E-state index in [4.69, 9.17) is 5.73 Å². The van der Waals surface area contributed by atoms with Crippen LogP contribution in [0.4, 0.5) is 0 Å². The second-order valence-corrected chi connectivity index (χ2v) is 5.83. The molecule has 0 aromatic carbocycles. The molecule has 18 heavy (non-hydrogen) atoms. The molecule has 2 rings (SSSR count). The smallest absolute Gasteiger partial charge is 0.238 e. The second kappa shape index (κ2) is 6.53. The first-order chi connectivity index (χ1) is 8.72. The lowest BCUT2D eigenvalue weighted by Gasteiger charge is -2.34. The molecule has 1 saturated heterocycles. The molecule has 0 radical (unpaired) electrons. The van der Waals surface area contributed by atoms with Gasteiger partial charge >= 0.3 is 0 Å². The number of amides is 1. The maximum Gasteiger partial charge on any atom is 0.238 e. The summed E-state index contributed by atoms with van der Waals surface area (Å²) in [6.45, 7) is 3.53. The molecule has 2 atom stereocenters. The van der Waals surface area contributed by atoms with E-state index < -0.39 is 0 Å². The van der Waals surface area contributed by atoms with Crippen molar-refractivity contribution in [1.82, 2.24) is 10.2 Å². The van der Waals surface area contributed by atoms with Gasteiger partial charge in [0.05, 0.1) is 0 Å². The summed E-state index contributed by atoms with van der Waals surface area (Å²) >= 11 is 0. The molecule has 2 aliphatic rings. The third kappa shape index (κ3) is 3.23. The molecule has 1 aliphatic carbocycles. The van der Waals surface area contributed by atoms with Crippen LogP contribution in [0.15, 0.2) is 0 Å². The average molecular weight is 253 g/mol. The summed E-state index contributed by atoms with van der Waals surface area (Å²) in [6, 6.07) is 0.734. The Kier molecular flexibility index (Phi) is 5.01. The van der Waals surface area contributed by atoms with Gasteiger partial charge in [-0.3, -0.25) is 9.69 Å². The Bertz CT molecular complexity index is 274. The Labute approximate surface area is 110 Å². The quantitative estimate of drug-likeness (QED) is 0.728. The van der Waals surface area contributed by atoms with Crippen LogP contribution in [0, 0.1) is 0 Å². The Morgan fingerprint density at radius 2 is 1.89 bits per heavy atom. The first-order valence-corrected chi connectivity index (χ1v) is 7.48. The van der Waals surface area contributed by atoms with Gasteiger partial charge < -0.3 is 11.1 Å². The van der Waals surface area contributed by atoms with E-state index in [-0.39, 0.29) is 18.0 Å². The van der Waals surface area contributed by atoms with E-state index in [2.05, 4.69) is 17.1 Å². The van der Waals surface area contributed by atoms with Crippen molar-refractivity contribution in [2.24, 2.45) is 5.73 Å². The van der Waals surface area contributed by atoms with Crippen molar-refractivity contribution in [3.8, 4) is 0 Å². The predicted octanol–water partition coefficient (Wildman–Crippen LogP) is 1.25. The largest absolute Gasteiger partial charge is 0.352 e. The zero-order valence-corrected chi connectivity index (χ0v) is 11.5. The molecule has 4 heteroatoms. The van der Waals surface area contributed by atoms with Crippen molar-refractivity contribution < 1.29 is 4.79 Å². The fourth-order valence-corrected chi connectivity index (χ4v) is 3.33.